The lowest BCUT2D eigenvalue weighted by Crippen LogP contribution is -2.11. The molecule has 55 heavy (non-hydrogen) atoms. The van der Waals surface area contributed by atoms with Crippen LogP contribution in [0.25, 0.3) is 88.0 Å². The van der Waals surface area contributed by atoms with Crippen molar-refractivity contribution in [1.29, 1.82) is 0 Å². The molecule has 3 nitrogen and oxygen atoms in total. The number of fused-ring (bicyclic) bond motifs is 7. The molecule has 258 valence electrons. The Hall–Kier alpha value is -7.36. The number of furan rings is 2. The van der Waals surface area contributed by atoms with Gasteiger partial charge in [-0.05, 0) is 81.6 Å². The van der Waals surface area contributed by atoms with Crippen LogP contribution in [0.5, 0.6) is 0 Å². The highest BCUT2D eigenvalue weighted by Gasteiger charge is 2.24. The van der Waals surface area contributed by atoms with E-state index < -0.39 is 0 Å². The molecule has 0 saturated heterocycles. The molecule has 0 N–H and O–H groups in total. The van der Waals surface area contributed by atoms with E-state index in [0.29, 0.717) is 0 Å². The number of hydrogen-bond donors (Lipinski definition) is 0. The summed E-state index contributed by atoms with van der Waals surface area (Å²) in [6.07, 6.45) is 0. The van der Waals surface area contributed by atoms with E-state index in [4.69, 9.17) is 8.83 Å². The first-order valence-electron chi connectivity index (χ1n) is 18.7. The van der Waals surface area contributed by atoms with Gasteiger partial charge in [0.05, 0.1) is 5.69 Å². The predicted molar refractivity (Wildman–Crippen MR) is 229 cm³/mol. The fourth-order valence-electron chi connectivity index (χ4n) is 8.19. The molecular weight excluding hydrogens is 671 g/mol. The summed E-state index contributed by atoms with van der Waals surface area (Å²) >= 11 is 0. The maximum absolute atomic E-state index is 6.99. The Morgan fingerprint density at radius 2 is 0.855 bits per heavy atom. The summed E-state index contributed by atoms with van der Waals surface area (Å²) in [6.45, 7) is 0. The van der Waals surface area contributed by atoms with Gasteiger partial charge in [-0.25, -0.2) is 0 Å². The largest absolute Gasteiger partial charge is 0.455 e. The smallest absolute Gasteiger partial charge is 0.160 e. The fraction of sp³-hybridized carbons (Fsp3) is 0. The highest BCUT2D eigenvalue weighted by atomic mass is 16.3. The van der Waals surface area contributed by atoms with Gasteiger partial charge in [-0.3, -0.25) is 0 Å². The number of para-hydroxylation sites is 2. The maximum atomic E-state index is 6.99. The molecule has 0 fully saturated rings. The summed E-state index contributed by atoms with van der Waals surface area (Å²) in [5.41, 5.74) is 13.2. The zero-order valence-corrected chi connectivity index (χ0v) is 29.8. The molecule has 0 radical (unpaired) electrons. The number of hydrogen-bond acceptors (Lipinski definition) is 3. The van der Waals surface area contributed by atoms with Gasteiger partial charge < -0.3 is 13.7 Å². The van der Waals surface area contributed by atoms with Gasteiger partial charge in [0.2, 0.25) is 0 Å². The third-order valence-corrected chi connectivity index (χ3v) is 10.9. The molecule has 2 heterocycles. The van der Waals surface area contributed by atoms with Crippen LogP contribution in [0.4, 0.5) is 17.1 Å². The molecule has 0 unspecified atom stereocenters. The van der Waals surface area contributed by atoms with Gasteiger partial charge in [-0.1, -0.05) is 152 Å². The van der Waals surface area contributed by atoms with E-state index in [0.717, 1.165) is 94.1 Å². The van der Waals surface area contributed by atoms with E-state index in [-0.39, 0.29) is 0 Å². The maximum Gasteiger partial charge on any atom is 0.160 e. The van der Waals surface area contributed by atoms with E-state index >= 15 is 0 Å². The third-order valence-electron chi connectivity index (χ3n) is 10.9. The third kappa shape index (κ3) is 5.20. The van der Waals surface area contributed by atoms with Crippen molar-refractivity contribution in [2.45, 2.75) is 0 Å². The van der Waals surface area contributed by atoms with Crippen LogP contribution in [0.3, 0.4) is 0 Å². The van der Waals surface area contributed by atoms with E-state index in [9.17, 15) is 0 Å². The lowest BCUT2D eigenvalue weighted by atomic mass is 9.97. The fourth-order valence-corrected chi connectivity index (χ4v) is 8.19. The standard InChI is InChI=1S/C52H33NO2/c1-3-12-34(13-4-1)35-22-26-40(27-23-35)53(41-28-24-37(25-29-41)43-19-11-20-45-44-18-9-10-21-48(44)54-51(43)45)50-42(36-14-5-2-6-15-36)30-31-46-47-32-38-16-7-8-17-39(38)33-49(47)55-52(46)50/h1-33H. The number of rotatable bonds is 6. The van der Waals surface area contributed by atoms with E-state index in [1.807, 2.05) is 12.1 Å². The minimum Gasteiger partial charge on any atom is -0.455 e. The lowest BCUT2D eigenvalue weighted by molar-refractivity contribution is 0.669. The van der Waals surface area contributed by atoms with Crippen molar-refractivity contribution in [3.05, 3.63) is 200 Å². The molecule has 0 saturated carbocycles. The van der Waals surface area contributed by atoms with Crippen LogP contribution in [-0.4, -0.2) is 0 Å². The van der Waals surface area contributed by atoms with Crippen LogP contribution in [0.2, 0.25) is 0 Å². The van der Waals surface area contributed by atoms with Crippen molar-refractivity contribution in [3.63, 3.8) is 0 Å². The zero-order valence-electron chi connectivity index (χ0n) is 29.8. The molecule has 11 rings (SSSR count). The zero-order chi connectivity index (χ0) is 36.3. The Morgan fingerprint density at radius 1 is 0.309 bits per heavy atom. The molecule has 0 aliphatic rings. The summed E-state index contributed by atoms with van der Waals surface area (Å²) in [5, 5.41) is 6.77. The van der Waals surface area contributed by atoms with Crippen molar-refractivity contribution >= 4 is 71.7 Å². The molecule has 2 aromatic heterocycles. The van der Waals surface area contributed by atoms with Crippen LogP contribution >= 0.6 is 0 Å². The van der Waals surface area contributed by atoms with E-state index in [2.05, 4.69) is 193 Å². The van der Waals surface area contributed by atoms with Crippen molar-refractivity contribution in [1.82, 2.24) is 0 Å². The van der Waals surface area contributed by atoms with Gasteiger partial charge in [0, 0.05) is 44.0 Å². The quantitative estimate of drug-likeness (QED) is 0.173. The average molecular weight is 704 g/mol. The van der Waals surface area contributed by atoms with Crippen LogP contribution in [0.1, 0.15) is 0 Å². The van der Waals surface area contributed by atoms with Crippen LogP contribution in [0.15, 0.2) is 209 Å². The SMILES string of the molecule is c1ccc(-c2ccc(N(c3ccc(-c4cccc5c4oc4ccccc45)cc3)c3c(-c4ccccc4)ccc4c3oc3cc5ccccc5cc34)cc2)cc1. The molecule has 0 aliphatic heterocycles. The van der Waals surface area contributed by atoms with Crippen LogP contribution < -0.4 is 4.90 Å². The number of anilines is 3. The van der Waals surface area contributed by atoms with Crippen molar-refractivity contribution in [2.75, 3.05) is 4.90 Å². The summed E-state index contributed by atoms with van der Waals surface area (Å²) < 4.78 is 13.4. The molecule has 11 aromatic rings. The number of nitrogens with zero attached hydrogens (tertiary/aromatic N) is 1. The number of benzene rings is 9. The van der Waals surface area contributed by atoms with E-state index in [1.54, 1.807) is 0 Å². The summed E-state index contributed by atoms with van der Waals surface area (Å²) in [7, 11) is 0. The molecule has 3 heteroatoms. The molecule has 0 atom stereocenters. The van der Waals surface area contributed by atoms with Gasteiger partial charge >= 0.3 is 0 Å². The predicted octanol–water partition coefficient (Wildman–Crippen LogP) is 15.1. The first-order chi connectivity index (χ1) is 27.3. The minimum atomic E-state index is 0.843. The molecule has 0 spiro atoms. The second-order valence-electron chi connectivity index (χ2n) is 14.1. The second kappa shape index (κ2) is 12.6. The molecule has 0 amide bonds. The topological polar surface area (TPSA) is 29.5 Å². The van der Waals surface area contributed by atoms with E-state index in [1.165, 1.54) is 10.9 Å². The summed E-state index contributed by atoms with van der Waals surface area (Å²) in [6, 6.07) is 70.9. The Kier molecular flexibility index (Phi) is 7.17. The Labute approximate surface area is 317 Å². The summed E-state index contributed by atoms with van der Waals surface area (Å²) in [4.78, 5) is 2.35. The van der Waals surface area contributed by atoms with Gasteiger partial charge in [0.25, 0.3) is 0 Å². The van der Waals surface area contributed by atoms with Gasteiger partial charge in [0.1, 0.15) is 16.7 Å². The van der Waals surface area contributed by atoms with Gasteiger partial charge in [-0.15, -0.1) is 0 Å². The molecular formula is C52H33NO2. The minimum absolute atomic E-state index is 0.843. The Balaban J connectivity index is 1.15. The van der Waals surface area contributed by atoms with Crippen LogP contribution in [0, 0.1) is 0 Å². The highest BCUT2D eigenvalue weighted by Crippen LogP contribution is 2.48. The van der Waals surface area contributed by atoms with Crippen molar-refractivity contribution in [2.24, 2.45) is 0 Å². The molecule has 9 aromatic carbocycles. The first-order valence-corrected chi connectivity index (χ1v) is 18.7. The average Bonchev–Trinajstić information content (AvgIpc) is 3.82. The van der Waals surface area contributed by atoms with Crippen LogP contribution in [-0.2, 0) is 0 Å². The summed E-state index contributed by atoms with van der Waals surface area (Å²) in [5.74, 6) is 0. The van der Waals surface area contributed by atoms with Gasteiger partial charge in [0.15, 0.2) is 5.58 Å². The normalized spacial score (nSPS) is 11.6. The monoisotopic (exact) mass is 703 g/mol. The Bertz CT molecular complexity index is 3180. The van der Waals surface area contributed by atoms with Crippen molar-refractivity contribution in [3.8, 4) is 33.4 Å². The highest BCUT2D eigenvalue weighted by molar-refractivity contribution is 6.16. The lowest BCUT2D eigenvalue weighted by Gasteiger charge is -2.28. The first kappa shape index (κ1) is 31.2. The molecule has 0 aliphatic carbocycles. The molecule has 0 bridgehead atoms. The van der Waals surface area contributed by atoms with Gasteiger partial charge in [-0.2, -0.15) is 0 Å². The van der Waals surface area contributed by atoms with Crippen molar-refractivity contribution < 1.29 is 8.83 Å². The Morgan fingerprint density at radius 3 is 1.60 bits per heavy atom. The second-order valence-corrected chi connectivity index (χ2v) is 14.1.